The van der Waals surface area contributed by atoms with Crippen LogP contribution in [0.2, 0.25) is 0 Å². The van der Waals surface area contributed by atoms with Crippen molar-refractivity contribution in [3.8, 4) is 0 Å². The largest absolute Gasteiger partial charge is 0.466 e. The smallest absolute Gasteiger partial charge is 0.313 e. The minimum absolute atomic E-state index is 0.0241. The van der Waals surface area contributed by atoms with Crippen molar-refractivity contribution in [2.45, 2.75) is 37.6 Å². The van der Waals surface area contributed by atoms with Crippen LogP contribution in [0.5, 0.6) is 0 Å². The molecule has 0 aliphatic carbocycles. The van der Waals surface area contributed by atoms with Crippen LogP contribution in [-0.4, -0.2) is 44.3 Å². The summed E-state index contributed by atoms with van der Waals surface area (Å²) in [6, 6.07) is 6.77. The zero-order chi connectivity index (χ0) is 20.0. The lowest BCUT2D eigenvalue weighted by Crippen LogP contribution is -2.23. The van der Waals surface area contributed by atoms with Crippen molar-refractivity contribution in [2.24, 2.45) is 7.05 Å². The highest BCUT2D eigenvalue weighted by atomic mass is 32.2. The van der Waals surface area contributed by atoms with Crippen LogP contribution in [-0.2, 0) is 27.8 Å². The number of hydrogen-bond donors (Lipinski definition) is 1. The maximum Gasteiger partial charge on any atom is 0.313 e. The Kier molecular flexibility index (Phi) is 7.12. The number of ketones is 1. The lowest BCUT2D eigenvalue weighted by Gasteiger charge is -2.12. The Bertz CT molecular complexity index is 850. The molecule has 2 aromatic rings. The van der Waals surface area contributed by atoms with E-state index >= 15 is 0 Å². The number of amides is 1. The maximum atomic E-state index is 12.4. The minimum Gasteiger partial charge on any atom is -0.466 e. The van der Waals surface area contributed by atoms with Gasteiger partial charge in [-0.25, -0.2) is 0 Å². The van der Waals surface area contributed by atoms with Crippen LogP contribution in [0.3, 0.4) is 0 Å². The van der Waals surface area contributed by atoms with Crippen LogP contribution < -0.4 is 5.32 Å². The second-order valence-corrected chi connectivity index (χ2v) is 7.13. The Labute approximate surface area is 161 Å². The average Bonchev–Trinajstić information content (AvgIpc) is 2.95. The number of ether oxygens (including phenoxy) is 1. The molecule has 0 saturated heterocycles. The van der Waals surface area contributed by atoms with Gasteiger partial charge in [-0.15, -0.1) is 10.2 Å². The molecule has 0 fully saturated rings. The summed E-state index contributed by atoms with van der Waals surface area (Å²) in [5, 5.41) is 10.9. The van der Waals surface area contributed by atoms with Gasteiger partial charge in [0.25, 0.3) is 0 Å². The van der Waals surface area contributed by atoms with Crippen molar-refractivity contribution in [3.63, 3.8) is 0 Å². The summed E-state index contributed by atoms with van der Waals surface area (Å²) in [6.45, 7) is 5.26. The Morgan fingerprint density at radius 1 is 1.30 bits per heavy atom. The second kappa shape index (κ2) is 9.31. The SMILES string of the molecule is CCOC(=O)Cc1nnc(S[C@@H](C)C(=O)Nc2cccc(C(C)=O)c2)n1C. The van der Waals surface area contributed by atoms with Gasteiger partial charge in [-0.1, -0.05) is 23.9 Å². The molecule has 0 bridgehead atoms. The fourth-order valence-electron chi connectivity index (χ4n) is 2.21. The van der Waals surface area contributed by atoms with E-state index in [9.17, 15) is 14.4 Å². The van der Waals surface area contributed by atoms with Gasteiger partial charge in [0, 0.05) is 18.3 Å². The van der Waals surface area contributed by atoms with Crippen LogP contribution in [0, 0.1) is 0 Å². The van der Waals surface area contributed by atoms with E-state index in [-0.39, 0.29) is 24.1 Å². The van der Waals surface area contributed by atoms with Crippen molar-refractivity contribution in [1.82, 2.24) is 14.8 Å². The molecule has 1 aromatic carbocycles. The summed E-state index contributed by atoms with van der Waals surface area (Å²) < 4.78 is 6.58. The minimum atomic E-state index is -0.454. The summed E-state index contributed by atoms with van der Waals surface area (Å²) in [4.78, 5) is 35.5. The van der Waals surface area contributed by atoms with Crippen LogP contribution in [0.4, 0.5) is 5.69 Å². The van der Waals surface area contributed by atoms with Gasteiger partial charge in [0.1, 0.15) is 12.2 Å². The van der Waals surface area contributed by atoms with E-state index in [1.54, 1.807) is 49.7 Å². The lowest BCUT2D eigenvalue weighted by atomic mass is 10.1. The highest BCUT2D eigenvalue weighted by Crippen LogP contribution is 2.23. The van der Waals surface area contributed by atoms with Gasteiger partial charge in [-0.3, -0.25) is 14.4 Å². The number of carbonyl (C=O) groups is 3. The summed E-state index contributed by atoms with van der Waals surface area (Å²) >= 11 is 1.23. The molecule has 0 aliphatic heterocycles. The average molecular weight is 390 g/mol. The van der Waals surface area contributed by atoms with E-state index in [2.05, 4.69) is 15.5 Å². The number of anilines is 1. The molecule has 0 unspecified atom stereocenters. The zero-order valence-electron chi connectivity index (χ0n) is 15.7. The Morgan fingerprint density at radius 3 is 2.70 bits per heavy atom. The predicted octanol–water partition coefficient (Wildman–Crippen LogP) is 2.24. The molecule has 1 heterocycles. The van der Waals surface area contributed by atoms with Crippen molar-refractivity contribution in [2.75, 3.05) is 11.9 Å². The van der Waals surface area contributed by atoms with Crippen LogP contribution in [0.15, 0.2) is 29.4 Å². The third kappa shape index (κ3) is 5.65. The number of esters is 1. The monoisotopic (exact) mass is 390 g/mol. The van der Waals surface area contributed by atoms with Crippen molar-refractivity contribution in [1.29, 1.82) is 0 Å². The van der Waals surface area contributed by atoms with Gasteiger partial charge in [0.2, 0.25) is 5.91 Å². The van der Waals surface area contributed by atoms with Gasteiger partial charge in [0.05, 0.1) is 11.9 Å². The Morgan fingerprint density at radius 2 is 2.04 bits per heavy atom. The molecule has 1 atom stereocenters. The number of benzene rings is 1. The second-order valence-electron chi connectivity index (χ2n) is 5.83. The van der Waals surface area contributed by atoms with E-state index in [1.165, 1.54) is 18.7 Å². The first-order valence-corrected chi connectivity index (χ1v) is 9.32. The van der Waals surface area contributed by atoms with E-state index in [1.807, 2.05) is 0 Å². The summed E-state index contributed by atoms with van der Waals surface area (Å²) in [5.74, 6) is -0.198. The number of rotatable bonds is 8. The van der Waals surface area contributed by atoms with Crippen LogP contribution in [0.25, 0.3) is 0 Å². The number of nitrogens with one attached hydrogen (secondary N) is 1. The summed E-state index contributed by atoms with van der Waals surface area (Å²) in [7, 11) is 1.73. The molecule has 8 nitrogen and oxygen atoms in total. The van der Waals surface area contributed by atoms with Gasteiger partial charge in [-0.05, 0) is 32.9 Å². The van der Waals surface area contributed by atoms with E-state index in [0.29, 0.717) is 28.8 Å². The summed E-state index contributed by atoms with van der Waals surface area (Å²) in [6.07, 6.45) is 0.0241. The molecule has 1 N–H and O–H groups in total. The highest BCUT2D eigenvalue weighted by molar-refractivity contribution is 8.00. The highest BCUT2D eigenvalue weighted by Gasteiger charge is 2.20. The van der Waals surface area contributed by atoms with Crippen LogP contribution >= 0.6 is 11.8 Å². The van der Waals surface area contributed by atoms with Gasteiger partial charge in [0.15, 0.2) is 10.9 Å². The normalized spacial score (nSPS) is 11.7. The molecule has 1 amide bonds. The fourth-order valence-corrected chi connectivity index (χ4v) is 3.05. The molecule has 27 heavy (non-hydrogen) atoms. The molecule has 0 saturated carbocycles. The molecule has 2 rings (SSSR count). The number of carbonyl (C=O) groups excluding carboxylic acids is 3. The fraction of sp³-hybridized carbons (Fsp3) is 0.389. The number of thioether (sulfide) groups is 1. The van der Waals surface area contributed by atoms with E-state index in [0.717, 1.165) is 0 Å². The number of nitrogens with zero attached hydrogens (tertiary/aromatic N) is 3. The van der Waals surface area contributed by atoms with Gasteiger partial charge < -0.3 is 14.6 Å². The van der Waals surface area contributed by atoms with E-state index in [4.69, 9.17) is 4.74 Å². The predicted molar refractivity (Wildman–Crippen MR) is 102 cm³/mol. The molecule has 0 spiro atoms. The molecule has 0 radical (unpaired) electrons. The van der Waals surface area contributed by atoms with Gasteiger partial charge in [-0.2, -0.15) is 0 Å². The van der Waals surface area contributed by atoms with Crippen molar-refractivity contribution in [3.05, 3.63) is 35.7 Å². The van der Waals surface area contributed by atoms with Crippen LogP contribution in [0.1, 0.15) is 37.0 Å². The van der Waals surface area contributed by atoms with Crippen molar-refractivity contribution >= 4 is 35.1 Å². The molecule has 144 valence electrons. The first-order chi connectivity index (χ1) is 12.8. The maximum absolute atomic E-state index is 12.4. The zero-order valence-corrected chi connectivity index (χ0v) is 16.5. The summed E-state index contributed by atoms with van der Waals surface area (Å²) in [5.41, 5.74) is 1.09. The Hall–Kier alpha value is -2.68. The molecule has 9 heteroatoms. The Balaban J connectivity index is 2.00. The van der Waals surface area contributed by atoms with Gasteiger partial charge >= 0.3 is 5.97 Å². The standard InChI is InChI=1S/C18H22N4O4S/c1-5-26-16(24)10-15-20-21-18(22(15)4)27-12(3)17(25)19-14-8-6-7-13(9-14)11(2)23/h6-9,12H,5,10H2,1-4H3,(H,19,25)/t12-/m0/s1. The molecule has 0 aliphatic rings. The first-order valence-electron chi connectivity index (χ1n) is 8.44. The molecular weight excluding hydrogens is 368 g/mol. The lowest BCUT2D eigenvalue weighted by molar-refractivity contribution is -0.142. The first kappa shape index (κ1) is 20.6. The third-order valence-electron chi connectivity index (χ3n) is 3.72. The van der Waals surface area contributed by atoms with E-state index < -0.39 is 5.25 Å². The molecule has 1 aromatic heterocycles. The third-order valence-corrected chi connectivity index (χ3v) is 4.85. The van der Waals surface area contributed by atoms with Crippen molar-refractivity contribution < 1.29 is 19.1 Å². The quantitative estimate of drug-likeness (QED) is 0.419. The number of hydrogen-bond acceptors (Lipinski definition) is 7. The number of Topliss-reactive ketones (excluding diaryl/α,β-unsaturated/α-hetero) is 1. The number of aromatic nitrogens is 3. The molecular formula is C18H22N4O4S. The topological polar surface area (TPSA) is 103 Å².